The Morgan fingerprint density at radius 3 is 2.28 bits per heavy atom. The van der Waals surface area contributed by atoms with Gasteiger partial charge in [0.25, 0.3) is 0 Å². The van der Waals surface area contributed by atoms with Gasteiger partial charge in [0, 0.05) is 17.6 Å². The third kappa shape index (κ3) is 5.42. The molecule has 0 radical (unpaired) electrons. The Morgan fingerprint density at radius 2 is 1.89 bits per heavy atom. The lowest BCUT2D eigenvalue weighted by atomic mass is 10.00. The molecule has 106 valence electrons. The zero-order chi connectivity index (χ0) is 14.4. The molecule has 0 aliphatic heterocycles. The Labute approximate surface area is 113 Å². The molecule has 0 aromatic carbocycles. The van der Waals surface area contributed by atoms with Crippen LogP contribution in [0.5, 0.6) is 0 Å². The van der Waals surface area contributed by atoms with Crippen molar-refractivity contribution in [3.63, 3.8) is 0 Å². The molecular formula is C13H29N3OSi. The van der Waals surface area contributed by atoms with E-state index in [-0.39, 0.29) is 17.0 Å². The fourth-order valence-corrected chi connectivity index (χ4v) is 2.60. The van der Waals surface area contributed by atoms with Gasteiger partial charge < -0.3 is 4.43 Å². The van der Waals surface area contributed by atoms with E-state index >= 15 is 0 Å². The molecule has 0 saturated heterocycles. The molecule has 0 saturated carbocycles. The molecular weight excluding hydrogens is 242 g/mol. The van der Waals surface area contributed by atoms with Gasteiger partial charge in [0.1, 0.15) is 0 Å². The number of azide groups is 1. The highest BCUT2D eigenvalue weighted by Gasteiger charge is 2.37. The van der Waals surface area contributed by atoms with E-state index in [2.05, 4.69) is 57.7 Å². The minimum atomic E-state index is -1.69. The third-order valence-electron chi connectivity index (χ3n) is 3.95. The second-order valence-corrected chi connectivity index (χ2v) is 11.4. The van der Waals surface area contributed by atoms with Crippen LogP contribution in [-0.2, 0) is 4.43 Å². The monoisotopic (exact) mass is 271 g/mol. The van der Waals surface area contributed by atoms with Crippen molar-refractivity contribution in [2.45, 2.75) is 71.6 Å². The number of nitrogens with zero attached hydrogens (tertiary/aromatic N) is 3. The molecule has 0 N–H and O–H groups in total. The summed E-state index contributed by atoms with van der Waals surface area (Å²) >= 11 is 0. The molecule has 0 bridgehead atoms. The molecule has 0 aliphatic carbocycles. The highest BCUT2D eigenvalue weighted by atomic mass is 28.4. The van der Waals surface area contributed by atoms with Crippen molar-refractivity contribution in [1.82, 2.24) is 0 Å². The summed E-state index contributed by atoms with van der Waals surface area (Å²) in [6.07, 6.45) is 1.97. The summed E-state index contributed by atoms with van der Waals surface area (Å²) in [5.74, 6) is 0.287. The molecule has 0 aromatic heterocycles. The van der Waals surface area contributed by atoms with Crippen LogP contribution in [0.1, 0.15) is 47.5 Å². The van der Waals surface area contributed by atoms with Crippen molar-refractivity contribution in [2.75, 3.05) is 6.61 Å². The first-order chi connectivity index (χ1) is 8.15. The molecule has 0 amide bonds. The minimum Gasteiger partial charge on any atom is -0.417 e. The van der Waals surface area contributed by atoms with Crippen LogP contribution in [0, 0.1) is 5.92 Å². The van der Waals surface area contributed by atoms with Gasteiger partial charge in [0.05, 0.1) is 0 Å². The lowest BCUT2D eigenvalue weighted by Crippen LogP contribution is -2.42. The molecule has 0 aromatic rings. The number of rotatable bonds is 7. The Morgan fingerprint density at radius 1 is 1.33 bits per heavy atom. The van der Waals surface area contributed by atoms with E-state index in [1.165, 1.54) is 0 Å². The average Bonchev–Trinajstić information content (AvgIpc) is 2.24. The van der Waals surface area contributed by atoms with E-state index < -0.39 is 8.32 Å². The number of hydrogen-bond acceptors (Lipinski definition) is 2. The van der Waals surface area contributed by atoms with E-state index in [9.17, 15) is 0 Å². The molecule has 5 heteroatoms. The van der Waals surface area contributed by atoms with E-state index in [0.717, 1.165) is 12.8 Å². The van der Waals surface area contributed by atoms with Crippen molar-refractivity contribution < 1.29 is 4.43 Å². The van der Waals surface area contributed by atoms with Gasteiger partial charge in [-0.15, -0.1) is 0 Å². The minimum absolute atomic E-state index is 0.0600. The second kappa shape index (κ2) is 7.17. The summed E-state index contributed by atoms with van der Waals surface area (Å²) in [4.78, 5) is 2.95. The molecule has 18 heavy (non-hydrogen) atoms. The van der Waals surface area contributed by atoms with Crippen molar-refractivity contribution in [3.05, 3.63) is 10.4 Å². The van der Waals surface area contributed by atoms with Crippen LogP contribution in [0.4, 0.5) is 0 Å². The Bertz CT molecular complexity index is 293. The van der Waals surface area contributed by atoms with Crippen molar-refractivity contribution in [2.24, 2.45) is 11.0 Å². The van der Waals surface area contributed by atoms with E-state index in [1.807, 2.05) is 0 Å². The normalized spacial score (nSPS) is 15.9. The first-order valence-electron chi connectivity index (χ1n) is 6.84. The van der Waals surface area contributed by atoms with Crippen molar-refractivity contribution >= 4 is 8.32 Å². The summed E-state index contributed by atoms with van der Waals surface area (Å²) in [7, 11) is -1.69. The van der Waals surface area contributed by atoms with Gasteiger partial charge in [-0.05, 0) is 36.0 Å². The van der Waals surface area contributed by atoms with Crippen LogP contribution < -0.4 is 0 Å². The lowest BCUT2D eigenvalue weighted by molar-refractivity contribution is 0.214. The Hall–Kier alpha value is -0.513. The quantitative estimate of drug-likeness (QED) is 0.274. The molecule has 0 aliphatic rings. The maximum atomic E-state index is 8.60. The van der Waals surface area contributed by atoms with E-state index in [1.54, 1.807) is 0 Å². The SMILES string of the molecule is CCC[C@H](N=[N+]=[N-])[C@H](C)CO[Si](C)(C)C(C)(C)C. The Kier molecular flexibility index (Phi) is 6.96. The van der Waals surface area contributed by atoms with Gasteiger partial charge in [-0.1, -0.05) is 46.2 Å². The van der Waals surface area contributed by atoms with Crippen LogP contribution in [0.25, 0.3) is 10.4 Å². The molecule has 0 rings (SSSR count). The van der Waals surface area contributed by atoms with Crippen LogP contribution >= 0.6 is 0 Å². The first kappa shape index (κ1) is 17.5. The van der Waals surface area contributed by atoms with E-state index in [0.29, 0.717) is 6.61 Å². The molecule has 0 heterocycles. The summed E-state index contributed by atoms with van der Waals surface area (Å²) in [6.45, 7) is 16.1. The van der Waals surface area contributed by atoms with Gasteiger partial charge in [-0.3, -0.25) is 0 Å². The van der Waals surface area contributed by atoms with Crippen LogP contribution in [0.2, 0.25) is 18.1 Å². The zero-order valence-electron chi connectivity index (χ0n) is 13.0. The topological polar surface area (TPSA) is 58.0 Å². The fraction of sp³-hybridized carbons (Fsp3) is 1.00. The second-order valence-electron chi connectivity index (χ2n) is 6.61. The number of hydrogen-bond donors (Lipinski definition) is 0. The summed E-state index contributed by atoms with van der Waals surface area (Å²) in [5.41, 5.74) is 8.60. The fourth-order valence-electron chi connectivity index (χ4n) is 1.49. The predicted molar refractivity (Wildman–Crippen MR) is 80.2 cm³/mol. The average molecular weight is 271 g/mol. The molecule has 0 spiro atoms. The molecule has 0 unspecified atom stereocenters. The van der Waals surface area contributed by atoms with Gasteiger partial charge in [0.2, 0.25) is 0 Å². The highest BCUT2D eigenvalue weighted by Crippen LogP contribution is 2.37. The maximum Gasteiger partial charge on any atom is 0.191 e. The standard InChI is InChI=1S/C13H29N3OSi/c1-8-9-12(15-16-14)11(2)10-17-18(6,7)13(3,4)5/h11-12H,8-10H2,1-7H3/t11-,12+/m1/s1. The molecule has 0 fully saturated rings. The van der Waals surface area contributed by atoms with Gasteiger partial charge >= 0.3 is 0 Å². The maximum absolute atomic E-state index is 8.60. The van der Waals surface area contributed by atoms with Gasteiger partial charge in [0.15, 0.2) is 8.32 Å². The van der Waals surface area contributed by atoms with Crippen LogP contribution in [-0.4, -0.2) is 21.0 Å². The smallest absolute Gasteiger partial charge is 0.191 e. The highest BCUT2D eigenvalue weighted by molar-refractivity contribution is 6.74. The summed E-state index contributed by atoms with van der Waals surface area (Å²) in [6, 6.07) is 0.0600. The molecule has 2 atom stereocenters. The largest absolute Gasteiger partial charge is 0.417 e. The third-order valence-corrected chi connectivity index (χ3v) is 8.46. The summed E-state index contributed by atoms with van der Waals surface area (Å²) in [5, 5.41) is 4.12. The van der Waals surface area contributed by atoms with E-state index in [4.69, 9.17) is 9.96 Å². The zero-order valence-corrected chi connectivity index (χ0v) is 14.0. The summed E-state index contributed by atoms with van der Waals surface area (Å²) < 4.78 is 6.18. The van der Waals surface area contributed by atoms with Crippen LogP contribution in [0.15, 0.2) is 5.11 Å². The van der Waals surface area contributed by atoms with Gasteiger partial charge in [-0.2, -0.15) is 0 Å². The van der Waals surface area contributed by atoms with Crippen molar-refractivity contribution in [1.29, 1.82) is 0 Å². The van der Waals surface area contributed by atoms with Crippen molar-refractivity contribution in [3.8, 4) is 0 Å². The van der Waals surface area contributed by atoms with Gasteiger partial charge in [-0.25, -0.2) is 0 Å². The molecule has 4 nitrogen and oxygen atoms in total. The van der Waals surface area contributed by atoms with Crippen LogP contribution in [0.3, 0.4) is 0 Å². The first-order valence-corrected chi connectivity index (χ1v) is 9.74. The predicted octanol–water partition coefficient (Wildman–Crippen LogP) is 5.12. The lowest BCUT2D eigenvalue weighted by Gasteiger charge is -2.37. The Balaban J connectivity index is 4.47.